The molecular weight excluding hydrogens is 254 g/mol. The summed E-state index contributed by atoms with van der Waals surface area (Å²) in [6.45, 7) is 5.55. The Morgan fingerprint density at radius 2 is 2.10 bits per heavy atom. The number of hydrogen-bond acceptors (Lipinski definition) is 4. The van der Waals surface area contributed by atoms with E-state index < -0.39 is 5.60 Å². The number of piperidine rings is 1. The quantitative estimate of drug-likeness (QED) is 0.919. The molecule has 0 amide bonds. The molecule has 1 N–H and O–H groups in total. The first-order valence-corrected chi connectivity index (χ1v) is 7.17. The van der Waals surface area contributed by atoms with E-state index in [1.807, 2.05) is 18.2 Å². The molecule has 1 aromatic rings. The molecule has 1 aliphatic heterocycles. The summed E-state index contributed by atoms with van der Waals surface area (Å²) in [6, 6.07) is 5.65. The molecule has 112 valence electrons. The maximum Gasteiger partial charge on any atom is 0.167 e. The van der Waals surface area contributed by atoms with Gasteiger partial charge in [-0.25, -0.2) is 0 Å². The Labute approximate surface area is 121 Å². The molecule has 0 bridgehead atoms. The van der Waals surface area contributed by atoms with Crippen LogP contribution < -0.4 is 9.47 Å². The van der Waals surface area contributed by atoms with Crippen molar-refractivity contribution in [2.75, 3.05) is 27.2 Å². The van der Waals surface area contributed by atoms with Crippen molar-refractivity contribution in [2.24, 2.45) is 0 Å². The van der Waals surface area contributed by atoms with Gasteiger partial charge in [0.15, 0.2) is 11.5 Å². The standard InChI is InChI=1S/C16H25NO3/c1-16(2,18)13-8-5-9-14(19-4)15(13)20-12-7-6-10-17(3)11-12/h5,8-9,12,18H,6-7,10-11H2,1-4H3. The van der Waals surface area contributed by atoms with Gasteiger partial charge in [-0.1, -0.05) is 12.1 Å². The molecule has 20 heavy (non-hydrogen) atoms. The van der Waals surface area contributed by atoms with E-state index in [2.05, 4.69) is 11.9 Å². The zero-order chi connectivity index (χ0) is 14.8. The first-order valence-electron chi connectivity index (χ1n) is 7.17. The first kappa shape index (κ1) is 15.1. The zero-order valence-corrected chi connectivity index (χ0v) is 12.8. The van der Waals surface area contributed by atoms with Crippen molar-refractivity contribution in [2.45, 2.75) is 38.4 Å². The van der Waals surface area contributed by atoms with Gasteiger partial charge in [0.1, 0.15) is 6.10 Å². The molecule has 1 saturated heterocycles. The Morgan fingerprint density at radius 3 is 2.70 bits per heavy atom. The number of hydrogen-bond donors (Lipinski definition) is 1. The number of methoxy groups -OCH3 is 1. The van der Waals surface area contributed by atoms with Gasteiger partial charge in [0.05, 0.1) is 12.7 Å². The number of para-hydroxylation sites is 1. The number of likely N-dealkylation sites (tertiary alicyclic amines) is 1. The predicted octanol–water partition coefficient (Wildman–Crippen LogP) is 2.40. The van der Waals surface area contributed by atoms with Crippen molar-refractivity contribution in [3.8, 4) is 11.5 Å². The second kappa shape index (κ2) is 6.02. The van der Waals surface area contributed by atoms with Gasteiger partial charge in [-0.3, -0.25) is 0 Å². The van der Waals surface area contributed by atoms with Crippen molar-refractivity contribution in [3.05, 3.63) is 23.8 Å². The highest BCUT2D eigenvalue weighted by atomic mass is 16.5. The van der Waals surface area contributed by atoms with Crippen LogP contribution in [0.3, 0.4) is 0 Å². The Morgan fingerprint density at radius 1 is 1.35 bits per heavy atom. The summed E-state index contributed by atoms with van der Waals surface area (Å²) in [5.41, 5.74) is -0.185. The van der Waals surface area contributed by atoms with E-state index in [0.717, 1.165) is 31.5 Å². The summed E-state index contributed by atoms with van der Waals surface area (Å²) in [7, 11) is 3.73. The van der Waals surface area contributed by atoms with Gasteiger partial charge in [-0.05, 0) is 46.3 Å². The highest BCUT2D eigenvalue weighted by Gasteiger charge is 2.27. The van der Waals surface area contributed by atoms with Crippen LogP contribution in [0, 0.1) is 0 Å². The number of aliphatic hydroxyl groups is 1. The SMILES string of the molecule is COc1cccc(C(C)(C)O)c1OC1CCCN(C)C1. The van der Waals surface area contributed by atoms with Crippen LogP contribution in [-0.2, 0) is 5.60 Å². The molecule has 0 spiro atoms. The van der Waals surface area contributed by atoms with Crippen LogP contribution in [0.1, 0.15) is 32.3 Å². The van der Waals surface area contributed by atoms with Crippen molar-refractivity contribution < 1.29 is 14.6 Å². The Balaban J connectivity index is 2.28. The van der Waals surface area contributed by atoms with Crippen molar-refractivity contribution in [1.29, 1.82) is 0 Å². The topological polar surface area (TPSA) is 41.9 Å². The highest BCUT2D eigenvalue weighted by Crippen LogP contribution is 2.38. The van der Waals surface area contributed by atoms with Crippen LogP contribution in [0.15, 0.2) is 18.2 Å². The lowest BCUT2D eigenvalue weighted by molar-refractivity contribution is 0.0629. The molecule has 0 radical (unpaired) electrons. The van der Waals surface area contributed by atoms with Gasteiger partial charge in [0, 0.05) is 12.1 Å². The smallest absolute Gasteiger partial charge is 0.167 e. The minimum Gasteiger partial charge on any atom is -0.493 e. The van der Waals surface area contributed by atoms with Crippen molar-refractivity contribution >= 4 is 0 Å². The first-order chi connectivity index (χ1) is 9.41. The Kier molecular flexibility index (Phi) is 4.55. The second-order valence-corrected chi connectivity index (χ2v) is 6.04. The zero-order valence-electron chi connectivity index (χ0n) is 12.8. The van der Waals surface area contributed by atoms with Crippen LogP contribution in [-0.4, -0.2) is 43.4 Å². The molecule has 4 heteroatoms. The van der Waals surface area contributed by atoms with E-state index in [1.54, 1.807) is 21.0 Å². The average molecular weight is 279 g/mol. The molecule has 1 atom stereocenters. The Hall–Kier alpha value is -1.26. The van der Waals surface area contributed by atoms with E-state index in [-0.39, 0.29) is 6.10 Å². The fourth-order valence-electron chi connectivity index (χ4n) is 2.66. The summed E-state index contributed by atoms with van der Waals surface area (Å²) in [4.78, 5) is 2.27. The van der Waals surface area contributed by atoms with E-state index >= 15 is 0 Å². The highest BCUT2D eigenvalue weighted by molar-refractivity contribution is 5.49. The summed E-state index contributed by atoms with van der Waals surface area (Å²) < 4.78 is 11.6. The number of likely N-dealkylation sites (N-methyl/N-ethyl adjacent to an activating group) is 1. The average Bonchev–Trinajstić information content (AvgIpc) is 2.37. The number of benzene rings is 1. The third kappa shape index (κ3) is 3.44. The van der Waals surface area contributed by atoms with Gasteiger partial charge in [-0.15, -0.1) is 0 Å². The molecule has 0 saturated carbocycles. The lowest BCUT2D eigenvalue weighted by Gasteiger charge is -2.32. The minimum absolute atomic E-state index is 0.145. The van der Waals surface area contributed by atoms with Gasteiger partial charge >= 0.3 is 0 Å². The largest absolute Gasteiger partial charge is 0.493 e. The van der Waals surface area contributed by atoms with E-state index in [4.69, 9.17) is 9.47 Å². The summed E-state index contributed by atoms with van der Waals surface area (Å²) in [5, 5.41) is 10.3. The van der Waals surface area contributed by atoms with Crippen LogP contribution in [0.4, 0.5) is 0 Å². The molecule has 0 aliphatic carbocycles. The third-order valence-electron chi connectivity index (χ3n) is 3.72. The minimum atomic E-state index is -0.954. The number of ether oxygens (including phenoxy) is 2. The predicted molar refractivity (Wildman–Crippen MR) is 79.4 cm³/mol. The van der Waals surface area contributed by atoms with E-state index in [1.165, 1.54) is 0 Å². The Bertz CT molecular complexity index is 454. The lowest BCUT2D eigenvalue weighted by Crippen LogP contribution is -2.39. The number of rotatable bonds is 4. The van der Waals surface area contributed by atoms with Crippen LogP contribution in [0.2, 0.25) is 0 Å². The summed E-state index contributed by atoms with van der Waals surface area (Å²) in [5.74, 6) is 1.35. The van der Waals surface area contributed by atoms with Crippen LogP contribution >= 0.6 is 0 Å². The van der Waals surface area contributed by atoms with Gasteiger partial charge in [0.2, 0.25) is 0 Å². The normalized spacial score (nSPS) is 20.8. The molecule has 0 aromatic heterocycles. The number of nitrogens with zero attached hydrogens (tertiary/aromatic N) is 1. The molecule has 4 nitrogen and oxygen atoms in total. The van der Waals surface area contributed by atoms with E-state index in [9.17, 15) is 5.11 Å². The van der Waals surface area contributed by atoms with Crippen LogP contribution in [0.5, 0.6) is 11.5 Å². The monoisotopic (exact) mass is 279 g/mol. The molecule has 2 rings (SSSR count). The van der Waals surface area contributed by atoms with Crippen LogP contribution in [0.25, 0.3) is 0 Å². The molecule has 1 unspecified atom stereocenters. The van der Waals surface area contributed by atoms with Crippen molar-refractivity contribution in [1.82, 2.24) is 4.90 Å². The third-order valence-corrected chi connectivity index (χ3v) is 3.72. The maximum atomic E-state index is 10.3. The van der Waals surface area contributed by atoms with Gasteiger partial charge < -0.3 is 19.5 Å². The fraction of sp³-hybridized carbons (Fsp3) is 0.625. The summed E-state index contributed by atoms with van der Waals surface area (Å²) >= 11 is 0. The molecular formula is C16H25NO3. The summed E-state index contributed by atoms with van der Waals surface area (Å²) in [6.07, 6.45) is 2.31. The van der Waals surface area contributed by atoms with Gasteiger partial charge in [0.25, 0.3) is 0 Å². The maximum absolute atomic E-state index is 10.3. The molecule has 1 heterocycles. The fourth-order valence-corrected chi connectivity index (χ4v) is 2.66. The molecule has 1 aromatic carbocycles. The molecule has 1 fully saturated rings. The van der Waals surface area contributed by atoms with Crippen molar-refractivity contribution in [3.63, 3.8) is 0 Å². The lowest BCUT2D eigenvalue weighted by atomic mass is 9.96. The molecule has 1 aliphatic rings. The van der Waals surface area contributed by atoms with E-state index in [0.29, 0.717) is 11.5 Å². The second-order valence-electron chi connectivity index (χ2n) is 6.04. The van der Waals surface area contributed by atoms with Gasteiger partial charge in [-0.2, -0.15) is 0 Å².